The average Bonchev–Trinajstić information content (AvgIpc) is 3.08. The zero-order valence-electron chi connectivity index (χ0n) is 15.0. The smallest absolute Gasteiger partial charge is 0.337 e. The summed E-state index contributed by atoms with van der Waals surface area (Å²) in [6.45, 7) is 0. The van der Waals surface area contributed by atoms with Crippen molar-refractivity contribution < 1.29 is 19.1 Å². The van der Waals surface area contributed by atoms with Crippen LogP contribution in [0.2, 0.25) is 10.0 Å². The zero-order valence-corrected chi connectivity index (χ0v) is 18.2. The fourth-order valence-corrected chi connectivity index (χ4v) is 4.22. The van der Waals surface area contributed by atoms with E-state index in [4.69, 9.17) is 44.9 Å². The van der Waals surface area contributed by atoms with Crippen molar-refractivity contribution in [3.63, 3.8) is 0 Å². The molecule has 29 heavy (non-hydrogen) atoms. The summed E-state index contributed by atoms with van der Waals surface area (Å²) < 4.78 is 10.5. The van der Waals surface area contributed by atoms with Gasteiger partial charge >= 0.3 is 5.97 Å². The number of nitrogens with zero attached hydrogens (tertiary/aromatic N) is 1. The number of halogens is 2. The van der Waals surface area contributed by atoms with E-state index in [0.29, 0.717) is 16.2 Å². The van der Waals surface area contributed by atoms with Crippen LogP contribution in [0.1, 0.15) is 20.7 Å². The molecule has 3 aromatic rings. The Hall–Kier alpha value is -2.46. The summed E-state index contributed by atoms with van der Waals surface area (Å²) in [6, 6.07) is 7.85. The van der Waals surface area contributed by atoms with E-state index in [-0.39, 0.29) is 26.5 Å². The molecule has 0 bridgehead atoms. The minimum atomic E-state index is -0.497. The van der Waals surface area contributed by atoms with Crippen LogP contribution in [0.4, 0.5) is 5.13 Å². The molecule has 2 aromatic carbocycles. The second kappa shape index (κ2) is 8.91. The molecule has 11 heteroatoms. The minimum absolute atomic E-state index is 0.0466. The zero-order chi connectivity index (χ0) is 21.1. The first-order chi connectivity index (χ1) is 13.8. The van der Waals surface area contributed by atoms with Gasteiger partial charge in [0.25, 0.3) is 5.91 Å². The molecule has 0 aliphatic rings. The summed E-state index contributed by atoms with van der Waals surface area (Å²) in [5.74, 6) is -0.649. The predicted molar refractivity (Wildman–Crippen MR) is 118 cm³/mol. The Bertz CT molecular complexity index is 1110. The first-order valence-electron chi connectivity index (χ1n) is 7.96. The van der Waals surface area contributed by atoms with Crippen molar-refractivity contribution in [3.05, 3.63) is 51.5 Å². The number of thiocarbonyl (C=S) groups is 1. The van der Waals surface area contributed by atoms with Gasteiger partial charge in [-0.2, -0.15) is 0 Å². The maximum atomic E-state index is 12.4. The number of methoxy groups -OCH3 is 2. The predicted octanol–water partition coefficient (Wildman–Crippen LogP) is 4.53. The number of hydrogen-bond acceptors (Lipinski definition) is 7. The first kappa shape index (κ1) is 21.3. The number of carbonyl (C=O) groups is 2. The van der Waals surface area contributed by atoms with E-state index in [1.807, 2.05) is 0 Å². The van der Waals surface area contributed by atoms with E-state index in [0.717, 1.165) is 4.70 Å². The number of hydrogen-bond donors (Lipinski definition) is 2. The van der Waals surface area contributed by atoms with Gasteiger partial charge < -0.3 is 14.8 Å². The molecule has 0 saturated heterocycles. The number of thiazole rings is 1. The third-order valence-corrected chi connectivity index (χ3v) is 5.42. The lowest BCUT2D eigenvalue weighted by Gasteiger charge is -2.10. The van der Waals surface area contributed by atoms with E-state index in [9.17, 15) is 9.59 Å². The second-order valence-electron chi connectivity index (χ2n) is 5.57. The molecule has 0 radical (unpaired) electrons. The first-order valence-corrected chi connectivity index (χ1v) is 9.94. The van der Waals surface area contributed by atoms with Gasteiger partial charge in [0, 0.05) is 5.56 Å². The third-order valence-electron chi connectivity index (χ3n) is 3.72. The molecule has 150 valence electrons. The highest BCUT2D eigenvalue weighted by Crippen LogP contribution is 2.33. The van der Waals surface area contributed by atoms with E-state index < -0.39 is 11.9 Å². The Morgan fingerprint density at radius 2 is 1.79 bits per heavy atom. The number of ether oxygens (including phenoxy) is 2. The molecule has 7 nitrogen and oxygen atoms in total. The van der Waals surface area contributed by atoms with Gasteiger partial charge in [0.2, 0.25) is 0 Å². The van der Waals surface area contributed by atoms with Crippen molar-refractivity contribution >= 4 is 79.1 Å². The van der Waals surface area contributed by atoms with E-state index in [2.05, 4.69) is 15.6 Å². The second-order valence-corrected chi connectivity index (χ2v) is 7.83. The molecule has 1 heterocycles. The van der Waals surface area contributed by atoms with Crippen LogP contribution in [-0.4, -0.2) is 36.2 Å². The van der Waals surface area contributed by atoms with Crippen LogP contribution in [0, 0.1) is 0 Å². The van der Waals surface area contributed by atoms with Crippen molar-refractivity contribution in [2.75, 3.05) is 19.5 Å². The minimum Gasteiger partial charge on any atom is -0.494 e. The fraction of sp³-hybridized carbons (Fsp3) is 0.111. The number of aromatic nitrogens is 1. The van der Waals surface area contributed by atoms with Crippen LogP contribution in [-0.2, 0) is 4.74 Å². The number of carbonyl (C=O) groups excluding carboxylic acids is 2. The van der Waals surface area contributed by atoms with Gasteiger partial charge in [0.05, 0.1) is 40.0 Å². The molecule has 1 aromatic heterocycles. The van der Waals surface area contributed by atoms with Gasteiger partial charge in [0.1, 0.15) is 0 Å². The summed E-state index contributed by atoms with van der Waals surface area (Å²) >= 11 is 18.6. The van der Waals surface area contributed by atoms with Crippen LogP contribution in [0.3, 0.4) is 0 Å². The maximum absolute atomic E-state index is 12.4. The lowest BCUT2D eigenvalue weighted by atomic mass is 10.2. The Labute approximate surface area is 184 Å². The highest BCUT2D eigenvalue weighted by atomic mass is 35.5. The number of fused-ring (bicyclic) bond motifs is 1. The molecule has 0 aliphatic heterocycles. The molecule has 1 amide bonds. The molecule has 0 fully saturated rings. The quantitative estimate of drug-likeness (QED) is 0.428. The van der Waals surface area contributed by atoms with Crippen molar-refractivity contribution in [1.29, 1.82) is 0 Å². The summed E-state index contributed by atoms with van der Waals surface area (Å²) in [7, 11) is 2.74. The summed E-state index contributed by atoms with van der Waals surface area (Å²) in [5.41, 5.74) is 1.31. The molecule has 0 atom stereocenters. The van der Waals surface area contributed by atoms with Crippen molar-refractivity contribution in [2.45, 2.75) is 0 Å². The SMILES string of the molecule is COC(=O)c1ccc2nc(NC(=S)NC(=O)c3cc(Cl)c(OC)c(Cl)c3)sc2c1. The molecular weight excluding hydrogens is 457 g/mol. The van der Waals surface area contributed by atoms with Gasteiger partial charge in [-0.3, -0.25) is 10.1 Å². The van der Waals surface area contributed by atoms with Gasteiger partial charge in [0.15, 0.2) is 16.0 Å². The van der Waals surface area contributed by atoms with Crippen LogP contribution in [0.25, 0.3) is 10.2 Å². The summed E-state index contributed by atoms with van der Waals surface area (Å²) in [4.78, 5) is 28.4. The lowest BCUT2D eigenvalue weighted by molar-refractivity contribution is 0.0600. The Balaban J connectivity index is 1.72. The topological polar surface area (TPSA) is 89.5 Å². The third kappa shape index (κ3) is 4.76. The Morgan fingerprint density at radius 1 is 1.10 bits per heavy atom. The van der Waals surface area contributed by atoms with Crippen LogP contribution in [0.5, 0.6) is 5.75 Å². The van der Waals surface area contributed by atoms with Gasteiger partial charge in [-0.15, -0.1) is 0 Å². The molecule has 0 unspecified atom stereocenters. The highest BCUT2D eigenvalue weighted by molar-refractivity contribution is 7.80. The van der Waals surface area contributed by atoms with Gasteiger partial charge in [-0.1, -0.05) is 34.5 Å². The largest absolute Gasteiger partial charge is 0.494 e. The standard InChI is InChI=1S/C18H13Cl2N3O4S2/c1-26-14-10(19)5-9(6-11(14)20)15(24)22-17(28)23-18-21-12-4-3-8(16(25)27-2)7-13(12)29-18/h3-7H,1-2H3,(H2,21,22,23,24,28). The summed E-state index contributed by atoms with van der Waals surface area (Å²) in [6.07, 6.45) is 0. The number of benzene rings is 2. The molecule has 0 spiro atoms. The van der Waals surface area contributed by atoms with E-state index >= 15 is 0 Å². The van der Waals surface area contributed by atoms with Crippen molar-refractivity contribution in [1.82, 2.24) is 10.3 Å². The van der Waals surface area contributed by atoms with E-state index in [1.54, 1.807) is 18.2 Å². The number of nitrogens with one attached hydrogen (secondary N) is 2. The monoisotopic (exact) mass is 469 g/mol. The van der Waals surface area contributed by atoms with Gasteiger partial charge in [-0.05, 0) is 42.5 Å². The van der Waals surface area contributed by atoms with Crippen LogP contribution < -0.4 is 15.4 Å². The van der Waals surface area contributed by atoms with Crippen LogP contribution in [0.15, 0.2) is 30.3 Å². The van der Waals surface area contributed by atoms with Crippen molar-refractivity contribution in [2.24, 2.45) is 0 Å². The molecular formula is C18H13Cl2N3O4S2. The Kier molecular flexibility index (Phi) is 6.53. The molecule has 0 aliphatic carbocycles. The maximum Gasteiger partial charge on any atom is 0.337 e. The fourth-order valence-electron chi connectivity index (χ4n) is 2.41. The number of amides is 1. The van der Waals surface area contributed by atoms with Crippen LogP contribution >= 0.6 is 46.8 Å². The van der Waals surface area contributed by atoms with E-state index in [1.165, 1.54) is 37.7 Å². The molecule has 2 N–H and O–H groups in total. The van der Waals surface area contributed by atoms with Crippen molar-refractivity contribution in [3.8, 4) is 5.75 Å². The highest BCUT2D eigenvalue weighted by Gasteiger charge is 2.15. The normalized spacial score (nSPS) is 10.5. The average molecular weight is 470 g/mol. The number of rotatable bonds is 4. The van der Waals surface area contributed by atoms with Gasteiger partial charge in [-0.25, -0.2) is 9.78 Å². The summed E-state index contributed by atoms with van der Waals surface area (Å²) in [5, 5.41) is 6.30. The number of esters is 1. The number of anilines is 1. The lowest BCUT2D eigenvalue weighted by Crippen LogP contribution is -2.34. The molecule has 0 saturated carbocycles. The Morgan fingerprint density at radius 3 is 2.41 bits per heavy atom. The molecule has 3 rings (SSSR count).